The van der Waals surface area contributed by atoms with Gasteiger partial charge in [-0.15, -0.1) is 0 Å². The Bertz CT molecular complexity index is 1410. The maximum absolute atomic E-state index is 13.4. The summed E-state index contributed by atoms with van der Waals surface area (Å²) in [5.74, 6) is 0.605. The fraction of sp³-hybridized carbons (Fsp3) is 0.407. The van der Waals surface area contributed by atoms with Crippen molar-refractivity contribution in [3.63, 3.8) is 0 Å². The Morgan fingerprint density at radius 1 is 1.15 bits per heavy atom. The molecular formula is C27H29ClN4O2. The third kappa shape index (κ3) is 3.84. The lowest BCUT2D eigenvalue weighted by atomic mass is 9.99. The Morgan fingerprint density at radius 2 is 1.91 bits per heavy atom. The van der Waals surface area contributed by atoms with Crippen LogP contribution in [0, 0.1) is 13.8 Å². The van der Waals surface area contributed by atoms with E-state index in [9.17, 15) is 4.79 Å². The number of fused-ring (bicyclic) bond motifs is 1. The van der Waals surface area contributed by atoms with E-state index in [1.54, 1.807) is 6.20 Å². The minimum atomic E-state index is -0.0483. The van der Waals surface area contributed by atoms with Gasteiger partial charge in [0.2, 0.25) is 0 Å². The average Bonchev–Trinajstić information content (AvgIpc) is 3.76. The van der Waals surface area contributed by atoms with Crippen molar-refractivity contribution >= 4 is 22.6 Å². The van der Waals surface area contributed by atoms with Crippen molar-refractivity contribution in [1.82, 2.24) is 20.0 Å². The van der Waals surface area contributed by atoms with Crippen LogP contribution in [-0.2, 0) is 0 Å². The topological polar surface area (TPSA) is 63.3 Å². The largest absolute Gasteiger partial charge is 0.455 e. The SMILES string of the molecule is Cc1cc(C(C)NC2=CC=C(Cl)N(C3CC3)C2)c2oc(-c3cnn(C4CC4)c3)c(C)c(=O)c2c1. The van der Waals surface area contributed by atoms with Crippen molar-refractivity contribution < 1.29 is 4.42 Å². The molecule has 0 bridgehead atoms. The summed E-state index contributed by atoms with van der Waals surface area (Å²) in [6, 6.07) is 5.02. The Labute approximate surface area is 203 Å². The van der Waals surface area contributed by atoms with E-state index in [0.717, 1.165) is 46.9 Å². The lowest BCUT2D eigenvalue weighted by Gasteiger charge is -2.30. The van der Waals surface area contributed by atoms with Crippen molar-refractivity contribution in [1.29, 1.82) is 0 Å². The Kier molecular flexibility index (Phi) is 5.10. The van der Waals surface area contributed by atoms with Crippen LogP contribution in [0.1, 0.15) is 61.4 Å². The molecule has 6 rings (SSSR count). The van der Waals surface area contributed by atoms with Gasteiger partial charge in [0.1, 0.15) is 16.5 Å². The summed E-state index contributed by atoms with van der Waals surface area (Å²) in [4.78, 5) is 15.7. The minimum Gasteiger partial charge on any atom is -0.455 e. The molecule has 2 aliphatic carbocycles. The zero-order valence-electron chi connectivity index (χ0n) is 19.8. The van der Waals surface area contributed by atoms with Crippen LogP contribution in [0.15, 0.2) is 56.7 Å². The number of rotatable bonds is 6. The molecule has 7 heteroatoms. The number of aryl methyl sites for hydroxylation is 1. The molecule has 176 valence electrons. The van der Waals surface area contributed by atoms with E-state index >= 15 is 0 Å². The van der Waals surface area contributed by atoms with E-state index in [4.69, 9.17) is 16.0 Å². The molecule has 6 nitrogen and oxygen atoms in total. The molecule has 3 aromatic rings. The second-order valence-electron chi connectivity index (χ2n) is 9.96. The molecule has 0 saturated heterocycles. The molecule has 0 spiro atoms. The third-order valence-corrected chi connectivity index (χ3v) is 7.41. The standard InChI is InChI=1S/C27H29ClN4O2/c1-15-10-22(17(3)30-19-4-9-24(28)31(14-19)20-5-6-20)27-23(11-15)25(33)16(2)26(34-27)18-12-29-32(13-18)21-7-8-21/h4,9-13,17,20-21,30H,5-8,14H2,1-3H3. The zero-order valence-corrected chi connectivity index (χ0v) is 20.5. The number of halogens is 1. The summed E-state index contributed by atoms with van der Waals surface area (Å²) in [6.45, 7) is 6.74. The first-order valence-electron chi connectivity index (χ1n) is 12.1. The molecule has 34 heavy (non-hydrogen) atoms. The monoisotopic (exact) mass is 476 g/mol. The molecule has 0 amide bonds. The van der Waals surface area contributed by atoms with Crippen LogP contribution in [-0.4, -0.2) is 27.3 Å². The van der Waals surface area contributed by atoms with Gasteiger partial charge in [-0.1, -0.05) is 17.7 Å². The fourth-order valence-corrected chi connectivity index (χ4v) is 5.14. The molecule has 0 radical (unpaired) electrons. The van der Waals surface area contributed by atoms with Crippen molar-refractivity contribution in [3.8, 4) is 11.3 Å². The van der Waals surface area contributed by atoms with E-state index < -0.39 is 0 Å². The number of allylic oxidation sites excluding steroid dienone is 2. The Hall–Kier alpha value is -2.99. The fourth-order valence-electron chi connectivity index (χ4n) is 4.87. The molecular weight excluding hydrogens is 448 g/mol. The van der Waals surface area contributed by atoms with Crippen molar-refractivity contribution in [2.24, 2.45) is 0 Å². The van der Waals surface area contributed by atoms with Crippen LogP contribution in [0.5, 0.6) is 0 Å². The van der Waals surface area contributed by atoms with Crippen LogP contribution >= 0.6 is 11.6 Å². The summed E-state index contributed by atoms with van der Waals surface area (Å²) in [6.07, 6.45) is 12.5. The van der Waals surface area contributed by atoms with Crippen LogP contribution in [0.2, 0.25) is 0 Å². The number of hydrogen-bond donors (Lipinski definition) is 1. The lowest BCUT2D eigenvalue weighted by Crippen LogP contribution is -2.33. The summed E-state index contributed by atoms with van der Waals surface area (Å²) in [5, 5.41) is 9.58. The van der Waals surface area contributed by atoms with E-state index in [1.165, 1.54) is 12.8 Å². The van der Waals surface area contributed by atoms with Gasteiger partial charge in [-0.3, -0.25) is 9.48 Å². The number of hydrogen-bond acceptors (Lipinski definition) is 5. The van der Waals surface area contributed by atoms with E-state index in [-0.39, 0.29) is 11.5 Å². The van der Waals surface area contributed by atoms with Gasteiger partial charge in [-0.25, -0.2) is 0 Å². The molecule has 1 atom stereocenters. The van der Waals surface area contributed by atoms with Gasteiger partial charge < -0.3 is 14.6 Å². The van der Waals surface area contributed by atoms with Gasteiger partial charge in [-0.05, 0) is 70.2 Å². The number of aromatic nitrogens is 2. The molecule has 1 aliphatic heterocycles. The van der Waals surface area contributed by atoms with Gasteiger partial charge in [0.05, 0.1) is 35.8 Å². The first-order chi connectivity index (χ1) is 16.4. The minimum absolute atomic E-state index is 0.0130. The van der Waals surface area contributed by atoms with Crippen LogP contribution in [0.25, 0.3) is 22.3 Å². The van der Waals surface area contributed by atoms with Gasteiger partial charge in [0, 0.05) is 29.1 Å². The summed E-state index contributed by atoms with van der Waals surface area (Å²) >= 11 is 6.43. The first-order valence-corrected chi connectivity index (χ1v) is 12.5. The van der Waals surface area contributed by atoms with Gasteiger partial charge >= 0.3 is 0 Å². The highest BCUT2D eigenvalue weighted by molar-refractivity contribution is 6.29. The second-order valence-corrected chi connectivity index (χ2v) is 10.3. The second kappa shape index (κ2) is 8.05. The molecule has 2 fully saturated rings. The maximum Gasteiger partial charge on any atom is 0.196 e. The molecule has 3 heterocycles. The van der Waals surface area contributed by atoms with E-state index in [2.05, 4.69) is 28.3 Å². The van der Waals surface area contributed by atoms with Crippen LogP contribution in [0.4, 0.5) is 0 Å². The Morgan fingerprint density at radius 3 is 2.65 bits per heavy atom. The highest BCUT2D eigenvalue weighted by Crippen LogP contribution is 2.37. The zero-order chi connectivity index (χ0) is 23.6. The highest BCUT2D eigenvalue weighted by Gasteiger charge is 2.32. The normalized spacial score (nSPS) is 19.2. The molecule has 3 aliphatic rings. The van der Waals surface area contributed by atoms with Crippen molar-refractivity contribution in [2.75, 3.05) is 6.54 Å². The summed E-state index contributed by atoms with van der Waals surface area (Å²) in [5.41, 5.74) is 5.25. The van der Waals surface area contributed by atoms with E-state index in [0.29, 0.717) is 34.4 Å². The Balaban J connectivity index is 1.39. The van der Waals surface area contributed by atoms with E-state index in [1.807, 2.05) is 42.9 Å². The number of nitrogens with zero attached hydrogens (tertiary/aromatic N) is 3. The molecule has 1 aromatic carbocycles. The van der Waals surface area contributed by atoms with Gasteiger partial charge in [0.15, 0.2) is 5.43 Å². The van der Waals surface area contributed by atoms with Crippen molar-refractivity contribution in [2.45, 2.75) is 64.6 Å². The average molecular weight is 477 g/mol. The number of benzene rings is 1. The predicted octanol–water partition coefficient (Wildman–Crippen LogP) is 5.70. The molecule has 1 unspecified atom stereocenters. The quantitative estimate of drug-likeness (QED) is 0.462. The summed E-state index contributed by atoms with van der Waals surface area (Å²) < 4.78 is 8.48. The first kappa shape index (κ1) is 21.5. The lowest BCUT2D eigenvalue weighted by molar-refractivity contribution is 0.366. The third-order valence-electron chi connectivity index (χ3n) is 7.07. The van der Waals surface area contributed by atoms with Gasteiger partial charge in [0.25, 0.3) is 0 Å². The highest BCUT2D eigenvalue weighted by atomic mass is 35.5. The predicted molar refractivity (Wildman–Crippen MR) is 135 cm³/mol. The number of nitrogens with one attached hydrogen (secondary N) is 1. The van der Waals surface area contributed by atoms with Gasteiger partial charge in [-0.2, -0.15) is 5.10 Å². The van der Waals surface area contributed by atoms with Crippen molar-refractivity contribution in [3.05, 3.63) is 74.4 Å². The smallest absolute Gasteiger partial charge is 0.196 e. The molecule has 2 saturated carbocycles. The molecule has 1 N–H and O–H groups in total. The summed E-state index contributed by atoms with van der Waals surface area (Å²) in [7, 11) is 0. The van der Waals surface area contributed by atoms with Crippen LogP contribution in [0.3, 0.4) is 0 Å². The maximum atomic E-state index is 13.4. The molecule has 2 aromatic heterocycles. The van der Waals surface area contributed by atoms with Crippen LogP contribution < -0.4 is 10.7 Å².